The number of rotatable bonds is 5. The number of esters is 1. The average Bonchev–Trinajstić information content (AvgIpc) is 3.67. The van der Waals surface area contributed by atoms with Gasteiger partial charge in [0.15, 0.2) is 0 Å². The van der Waals surface area contributed by atoms with E-state index in [1.54, 1.807) is 24.5 Å². The van der Waals surface area contributed by atoms with Crippen molar-refractivity contribution in [3.8, 4) is 5.88 Å². The summed E-state index contributed by atoms with van der Waals surface area (Å²) in [5, 5.41) is 5.10. The number of nitrogens with zero attached hydrogens (tertiary/aromatic N) is 3. The molecule has 8 heteroatoms. The van der Waals surface area contributed by atoms with Gasteiger partial charge in [-0.15, -0.1) is 0 Å². The SMILES string of the molecule is C[C@@H]1OC(=O)c2ccc(Nc3cc4c(C(C)(C)N)cnc(OC5CC5)c4cn3)nc2C12CC2. The van der Waals surface area contributed by atoms with E-state index in [-0.39, 0.29) is 23.6 Å². The van der Waals surface area contributed by atoms with E-state index in [0.29, 0.717) is 23.1 Å². The molecule has 2 fully saturated rings. The van der Waals surface area contributed by atoms with Crippen LogP contribution in [0.2, 0.25) is 0 Å². The Kier molecular flexibility index (Phi) is 4.24. The second kappa shape index (κ2) is 6.87. The van der Waals surface area contributed by atoms with Crippen molar-refractivity contribution in [2.75, 3.05) is 5.32 Å². The average molecular weight is 446 g/mol. The molecule has 1 atom stereocenters. The quantitative estimate of drug-likeness (QED) is 0.565. The molecule has 8 nitrogen and oxygen atoms in total. The van der Waals surface area contributed by atoms with E-state index in [1.807, 2.05) is 26.8 Å². The Morgan fingerprint density at radius 2 is 1.94 bits per heavy atom. The van der Waals surface area contributed by atoms with Gasteiger partial charge in [-0.05, 0) is 75.6 Å². The van der Waals surface area contributed by atoms with Crippen LogP contribution in [-0.4, -0.2) is 33.1 Å². The molecule has 3 aliphatic rings. The van der Waals surface area contributed by atoms with Crippen molar-refractivity contribution < 1.29 is 14.3 Å². The summed E-state index contributed by atoms with van der Waals surface area (Å²) in [6, 6.07) is 5.55. The monoisotopic (exact) mass is 445 g/mol. The van der Waals surface area contributed by atoms with Crippen molar-refractivity contribution in [1.29, 1.82) is 0 Å². The number of nitrogens with two attached hydrogens (primary N) is 1. The summed E-state index contributed by atoms with van der Waals surface area (Å²) >= 11 is 0. The topological polar surface area (TPSA) is 112 Å². The predicted octanol–water partition coefficient (Wildman–Crippen LogP) is 4.09. The molecule has 3 aromatic rings. The van der Waals surface area contributed by atoms with Crippen LogP contribution in [0.15, 0.2) is 30.6 Å². The van der Waals surface area contributed by atoms with Crippen molar-refractivity contribution in [3.05, 3.63) is 47.4 Å². The zero-order valence-corrected chi connectivity index (χ0v) is 19.0. The summed E-state index contributed by atoms with van der Waals surface area (Å²) < 4.78 is 11.6. The molecule has 2 aliphatic carbocycles. The first-order valence-electron chi connectivity index (χ1n) is 11.5. The predicted molar refractivity (Wildman–Crippen MR) is 124 cm³/mol. The third-order valence-corrected chi connectivity index (χ3v) is 6.93. The van der Waals surface area contributed by atoms with Crippen LogP contribution >= 0.6 is 0 Å². The Hall–Kier alpha value is -3.26. The van der Waals surface area contributed by atoms with E-state index in [0.717, 1.165) is 47.7 Å². The number of carbonyl (C=O) groups excluding carboxylic acids is 1. The molecule has 3 N–H and O–H groups in total. The lowest BCUT2D eigenvalue weighted by atomic mass is 9.89. The van der Waals surface area contributed by atoms with Crippen LogP contribution < -0.4 is 15.8 Å². The summed E-state index contributed by atoms with van der Waals surface area (Å²) in [7, 11) is 0. The molecule has 2 saturated carbocycles. The third kappa shape index (κ3) is 3.40. The summed E-state index contributed by atoms with van der Waals surface area (Å²) in [6.07, 6.45) is 7.71. The van der Waals surface area contributed by atoms with Crippen molar-refractivity contribution >= 4 is 28.4 Å². The lowest BCUT2D eigenvalue weighted by molar-refractivity contribution is 0.0183. The number of fused-ring (bicyclic) bond motifs is 3. The largest absolute Gasteiger partial charge is 0.474 e. The summed E-state index contributed by atoms with van der Waals surface area (Å²) in [6.45, 7) is 5.86. The van der Waals surface area contributed by atoms with Gasteiger partial charge in [0.2, 0.25) is 5.88 Å². The number of cyclic esters (lactones) is 1. The van der Waals surface area contributed by atoms with E-state index < -0.39 is 5.54 Å². The molecule has 33 heavy (non-hydrogen) atoms. The molecule has 0 bridgehead atoms. The number of carbonyl (C=O) groups is 1. The van der Waals surface area contributed by atoms with Crippen LogP contribution in [0.25, 0.3) is 10.8 Å². The highest BCUT2D eigenvalue weighted by molar-refractivity contribution is 5.94. The fraction of sp³-hybridized carbons (Fsp3) is 0.440. The van der Waals surface area contributed by atoms with Gasteiger partial charge in [-0.1, -0.05) is 0 Å². The normalized spacial score (nSPS) is 21.0. The van der Waals surface area contributed by atoms with Crippen molar-refractivity contribution in [2.24, 2.45) is 5.73 Å². The first-order valence-corrected chi connectivity index (χ1v) is 11.5. The van der Waals surface area contributed by atoms with E-state index >= 15 is 0 Å². The highest BCUT2D eigenvalue weighted by atomic mass is 16.5. The Morgan fingerprint density at radius 3 is 2.64 bits per heavy atom. The maximum absolute atomic E-state index is 12.3. The molecule has 1 aliphatic heterocycles. The molecule has 0 saturated heterocycles. The fourth-order valence-electron chi connectivity index (χ4n) is 4.64. The van der Waals surface area contributed by atoms with Gasteiger partial charge in [0.25, 0.3) is 0 Å². The maximum atomic E-state index is 12.3. The minimum atomic E-state index is -0.582. The molecule has 0 aromatic carbocycles. The van der Waals surface area contributed by atoms with Crippen molar-refractivity contribution in [3.63, 3.8) is 0 Å². The van der Waals surface area contributed by atoms with Gasteiger partial charge in [0.1, 0.15) is 23.8 Å². The van der Waals surface area contributed by atoms with E-state index in [4.69, 9.17) is 20.2 Å². The van der Waals surface area contributed by atoms with Gasteiger partial charge in [0.05, 0.1) is 22.1 Å². The Balaban J connectivity index is 1.39. The van der Waals surface area contributed by atoms with Crippen molar-refractivity contribution in [2.45, 2.75) is 69.6 Å². The van der Waals surface area contributed by atoms with E-state index in [2.05, 4.69) is 15.3 Å². The van der Waals surface area contributed by atoms with Crippen LogP contribution in [0.3, 0.4) is 0 Å². The summed E-state index contributed by atoms with van der Waals surface area (Å²) in [5.41, 5.74) is 8.01. The number of ether oxygens (including phenoxy) is 2. The zero-order chi connectivity index (χ0) is 23.0. The summed E-state index contributed by atoms with van der Waals surface area (Å²) in [4.78, 5) is 26.3. The molecule has 6 rings (SSSR count). The highest BCUT2D eigenvalue weighted by Gasteiger charge is 2.56. The lowest BCUT2D eigenvalue weighted by Crippen LogP contribution is -2.36. The smallest absolute Gasteiger partial charge is 0.340 e. The lowest BCUT2D eigenvalue weighted by Gasteiger charge is -2.30. The number of hydrogen-bond acceptors (Lipinski definition) is 8. The van der Waals surface area contributed by atoms with Crippen molar-refractivity contribution in [1.82, 2.24) is 15.0 Å². The second-order valence-electron chi connectivity index (χ2n) is 10.1. The maximum Gasteiger partial charge on any atom is 0.340 e. The van der Waals surface area contributed by atoms with Crippen LogP contribution in [0.4, 0.5) is 11.6 Å². The number of aromatic nitrogens is 3. The van der Waals surface area contributed by atoms with Gasteiger partial charge in [-0.25, -0.2) is 19.7 Å². The molecule has 3 aromatic heterocycles. The molecule has 0 radical (unpaired) electrons. The standard InChI is InChI=1S/C25H27N5O3/c1-13-25(8-9-25)21-15(23(31)32-13)6-7-19(30-21)29-20-10-16-17(11-27-20)22(33-14-4-5-14)28-12-18(16)24(2,3)26/h6-7,10-14H,4-5,8-9,26H2,1-3H3,(H,27,29,30)/t13-/m0/s1. The molecular weight excluding hydrogens is 418 g/mol. The van der Waals surface area contributed by atoms with Crippen LogP contribution in [0, 0.1) is 0 Å². The minimum Gasteiger partial charge on any atom is -0.474 e. The number of anilines is 2. The molecule has 0 amide bonds. The molecule has 4 heterocycles. The first-order chi connectivity index (χ1) is 15.7. The van der Waals surface area contributed by atoms with Gasteiger partial charge < -0.3 is 20.5 Å². The molecule has 170 valence electrons. The molecule has 1 spiro atoms. The third-order valence-electron chi connectivity index (χ3n) is 6.93. The summed E-state index contributed by atoms with van der Waals surface area (Å²) in [5.74, 6) is 1.57. The van der Waals surface area contributed by atoms with Crippen LogP contribution in [-0.2, 0) is 15.7 Å². The van der Waals surface area contributed by atoms with Crippen LogP contribution in [0.1, 0.15) is 68.1 Å². The van der Waals surface area contributed by atoms with Gasteiger partial charge >= 0.3 is 5.97 Å². The van der Waals surface area contributed by atoms with Gasteiger partial charge in [0, 0.05) is 17.9 Å². The first kappa shape index (κ1) is 20.4. The number of hydrogen-bond donors (Lipinski definition) is 2. The van der Waals surface area contributed by atoms with Crippen LogP contribution in [0.5, 0.6) is 5.88 Å². The fourth-order valence-corrected chi connectivity index (χ4v) is 4.64. The second-order valence-corrected chi connectivity index (χ2v) is 10.1. The van der Waals surface area contributed by atoms with Gasteiger partial charge in [-0.2, -0.15) is 0 Å². The van der Waals surface area contributed by atoms with Gasteiger partial charge in [-0.3, -0.25) is 0 Å². The zero-order valence-electron chi connectivity index (χ0n) is 19.0. The Bertz CT molecular complexity index is 1290. The molecule has 0 unspecified atom stereocenters. The number of pyridine rings is 3. The number of nitrogens with one attached hydrogen (secondary N) is 1. The highest BCUT2D eigenvalue weighted by Crippen LogP contribution is 2.54. The molecular formula is C25H27N5O3. The Morgan fingerprint density at radius 1 is 1.15 bits per heavy atom. The van der Waals surface area contributed by atoms with E-state index in [9.17, 15) is 4.79 Å². The van der Waals surface area contributed by atoms with E-state index in [1.165, 1.54) is 0 Å². The Labute approximate surface area is 191 Å². The minimum absolute atomic E-state index is 0.158.